The summed E-state index contributed by atoms with van der Waals surface area (Å²) in [6, 6.07) is 16.7. The lowest BCUT2D eigenvalue weighted by atomic mass is 10.1. The normalized spacial score (nSPS) is 10.8. The van der Waals surface area contributed by atoms with E-state index >= 15 is 0 Å². The third-order valence-electron chi connectivity index (χ3n) is 5.70. The van der Waals surface area contributed by atoms with Crippen molar-refractivity contribution in [2.75, 3.05) is 24.5 Å². The van der Waals surface area contributed by atoms with Gasteiger partial charge in [0.1, 0.15) is 6.54 Å². The lowest BCUT2D eigenvalue weighted by Crippen LogP contribution is -2.37. The predicted octanol–water partition coefficient (Wildman–Crippen LogP) is 4.53. The summed E-state index contributed by atoms with van der Waals surface area (Å²) < 4.78 is 1.77. The fraction of sp³-hybridized carbons (Fsp3) is 0.346. The Hall–Kier alpha value is -3.41. The van der Waals surface area contributed by atoms with Crippen molar-refractivity contribution in [3.05, 3.63) is 66.4 Å². The van der Waals surface area contributed by atoms with Crippen molar-refractivity contribution in [1.29, 1.82) is 0 Å². The van der Waals surface area contributed by atoms with Crippen molar-refractivity contribution in [2.24, 2.45) is 0 Å². The number of carbonyl (C=O) groups is 3. The Kier molecular flexibility index (Phi) is 7.82. The van der Waals surface area contributed by atoms with E-state index in [1.807, 2.05) is 68.4 Å². The van der Waals surface area contributed by atoms with Crippen LogP contribution in [0.4, 0.5) is 5.69 Å². The lowest BCUT2D eigenvalue weighted by molar-refractivity contribution is -0.131. The molecule has 3 rings (SSSR count). The van der Waals surface area contributed by atoms with Crippen LogP contribution in [0.1, 0.15) is 44.0 Å². The topological polar surface area (TPSA) is 62.6 Å². The first-order valence-electron chi connectivity index (χ1n) is 11.3. The molecule has 0 bridgehead atoms. The van der Waals surface area contributed by atoms with Crippen molar-refractivity contribution in [1.82, 2.24) is 9.47 Å². The summed E-state index contributed by atoms with van der Waals surface area (Å²) in [5, 5.41) is 0.682. The first kappa shape index (κ1) is 23.3. The van der Waals surface area contributed by atoms with Gasteiger partial charge < -0.3 is 14.4 Å². The molecule has 2 aromatic carbocycles. The van der Waals surface area contributed by atoms with Gasteiger partial charge in [-0.3, -0.25) is 14.4 Å². The van der Waals surface area contributed by atoms with Crippen LogP contribution >= 0.6 is 0 Å². The molecule has 0 radical (unpaired) electrons. The fourth-order valence-electron chi connectivity index (χ4n) is 3.89. The summed E-state index contributed by atoms with van der Waals surface area (Å²) in [5.74, 6) is -1.13. The van der Waals surface area contributed by atoms with Gasteiger partial charge in [0, 0.05) is 42.4 Å². The molecule has 0 aliphatic heterocycles. The van der Waals surface area contributed by atoms with Crippen LogP contribution in [0.2, 0.25) is 0 Å². The van der Waals surface area contributed by atoms with E-state index < -0.39 is 11.7 Å². The maximum Gasteiger partial charge on any atom is 0.299 e. The van der Waals surface area contributed by atoms with E-state index in [4.69, 9.17) is 0 Å². The van der Waals surface area contributed by atoms with Crippen LogP contribution in [-0.4, -0.2) is 46.7 Å². The second-order valence-corrected chi connectivity index (χ2v) is 7.73. The minimum absolute atomic E-state index is 0.0186. The molecule has 0 atom stereocenters. The first-order valence-corrected chi connectivity index (χ1v) is 11.3. The summed E-state index contributed by atoms with van der Waals surface area (Å²) in [7, 11) is 0. The molecule has 0 unspecified atom stereocenters. The molecular formula is C26H31N3O3. The molecule has 0 saturated heterocycles. The molecule has 0 aliphatic rings. The smallest absolute Gasteiger partial charge is 0.299 e. The third-order valence-corrected chi connectivity index (χ3v) is 5.70. The first-order chi connectivity index (χ1) is 15.5. The Morgan fingerprint density at radius 1 is 0.875 bits per heavy atom. The molecule has 1 heterocycles. The number of hydrogen-bond acceptors (Lipinski definition) is 3. The van der Waals surface area contributed by atoms with Gasteiger partial charge in [-0.1, -0.05) is 49.7 Å². The van der Waals surface area contributed by atoms with Crippen molar-refractivity contribution >= 4 is 34.2 Å². The average molecular weight is 434 g/mol. The average Bonchev–Trinajstić information content (AvgIpc) is 3.18. The van der Waals surface area contributed by atoms with Gasteiger partial charge in [-0.05, 0) is 38.5 Å². The molecule has 6 nitrogen and oxygen atoms in total. The lowest BCUT2D eigenvalue weighted by Gasteiger charge is -2.21. The summed E-state index contributed by atoms with van der Waals surface area (Å²) in [4.78, 5) is 42.7. The monoisotopic (exact) mass is 433 g/mol. The minimum Gasteiger partial charge on any atom is -0.342 e. The summed E-state index contributed by atoms with van der Waals surface area (Å²) in [6.45, 7) is 7.79. The van der Waals surface area contributed by atoms with Crippen molar-refractivity contribution in [3.8, 4) is 0 Å². The summed E-state index contributed by atoms with van der Waals surface area (Å²) in [6.07, 6.45) is 3.36. The van der Waals surface area contributed by atoms with Crippen LogP contribution in [0.25, 0.3) is 10.9 Å². The van der Waals surface area contributed by atoms with E-state index in [9.17, 15) is 14.4 Å². The van der Waals surface area contributed by atoms with Gasteiger partial charge in [0.2, 0.25) is 5.91 Å². The predicted molar refractivity (Wildman–Crippen MR) is 128 cm³/mol. The Morgan fingerprint density at radius 3 is 2.19 bits per heavy atom. The van der Waals surface area contributed by atoms with Gasteiger partial charge in [-0.15, -0.1) is 0 Å². The largest absolute Gasteiger partial charge is 0.342 e. The van der Waals surface area contributed by atoms with Crippen LogP contribution in [0.15, 0.2) is 60.8 Å². The number of amides is 2. The molecule has 0 saturated carbocycles. The Balaban J connectivity index is 1.96. The number of ketones is 1. The summed E-state index contributed by atoms with van der Waals surface area (Å²) >= 11 is 0. The molecule has 2 amide bonds. The van der Waals surface area contributed by atoms with E-state index in [-0.39, 0.29) is 12.5 Å². The van der Waals surface area contributed by atoms with Crippen LogP contribution in [0.5, 0.6) is 0 Å². The molecule has 32 heavy (non-hydrogen) atoms. The van der Waals surface area contributed by atoms with Gasteiger partial charge in [0.05, 0.1) is 5.56 Å². The van der Waals surface area contributed by atoms with E-state index in [1.165, 1.54) is 0 Å². The van der Waals surface area contributed by atoms with Crippen molar-refractivity contribution in [2.45, 2.75) is 40.2 Å². The minimum atomic E-state index is -0.560. The zero-order valence-electron chi connectivity index (χ0n) is 19.1. The molecule has 0 N–H and O–H groups in total. The number of likely N-dealkylation sites (N-methyl/N-ethyl adjacent to an activating group) is 1. The number of unbranched alkanes of at least 4 members (excludes halogenated alkanes) is 1. The fourth-order valence-corrected chi connectivity index (χ4v) is 3.89. The van der Waals surface area contributed by atoms with Gasteiger partial charge in [-0.25, -0.2) is 0 Å². The second kappa shape index (κ2) is 10.8. The number of fused-ring (bicyclic) bond motifs is 1. The number of benzene rings is 2. The molecular weight excluding hydrogens is 402 g/mol. The number of Topliss-reactive ketones (excluding diaryl/α,β-unsaturated/α-hetero) is 1. The van der Waals surface area contributed by atoms with Crippen LogP contribution in [0.3, 0.4) is 0 Å². The molecule has 3 aromatic rings. The van der Waals surface area contributed by atoms with Gasteiger partial charge in [0.15, 0.2) is 0 Å². The Labute approximate surface area is 189 Å². The van der Waals surface area contributed by atoms with Gasteiger partial charge in [-0.2, -0.15) is 0 Å². The highest BCUT2D eigenvalue weighted by molar-refractivity contribution is 6.48. The highest BCUT2D eigenvalue weighted by atomic mass is 16.2. The van der Waals surface area contributed by atoms with Gasteiger partial charge >= 0.3 is 0 Å². The standard InChI is InChI=1S/C26H31N3O3/c1-4-7-17-29(20-13-9-8-10-14-20)26(32)25(31)22-18-28(19-24(30)27(5-2)6-3)23-16-12-11-15-21(22)23/h8-16,18H,4-7,17,19H2,1-3H3. The van der Waals surface area contributed by atoms with Crippen LogP contribution < -0.4 is 4.90 Å². The third kappa shape index (κ3) is 4.90. The Morgan fingerprint density at radius 2 is 1.53 bits per heavy atom. The molecule has 6 heteroatoms. The molecule has 0 spiro atoms. The molecule has 0 aliphatic carbocycles. The SMILES string of the molecule is CCCCN(C(=O)C(=O)c1cn(CC(=O)N(CC)CC)c2ccccc12)c1ccccc1. The molecule has 1 aromatic heterocycles. The number of aromatic nitrogens is 1. The van der Waals surface area contributed by atoms with E-state index in [2.05, 4.69) is 6.92 Å². The highest BCUT2D eigenvalue weighted by Gasteiger charge is 2.27. The van der Waals surface area contributed by atoms with Crippen LogP contribution in [0, 0.1) is 0 Å². The maximum absolute atomic E-state index is 13.4. The summed E-state index contributed by atoms with van der Waals surface area (Å²) in [5.41, 5.74) is 1.80. The Bertz CT molecular complexity index is 1080. The number of carbonyl (C=O) groups excluding carboxylic acids is 3. The number of rotatable bonds is 10. The number of nitrogens with zero attached hydrogens (tertiary/aromatic N) is 3. The number of anilines is 1. The van der Waals surface area contributed by atoms with E-state index in [1.54, 1.807) is 20.6 Å². The maximum atomic E-state index is 13.4. The molecule has 0 fully saturated rings. The zero-order chi connectivity index (χ0) is 23.1. The second-order valence-electron chi connectivity index (χ2n) is 7.73. The molecule has 168 valence electrons. The van der Waals surface area contributed by atoms with E-state index in [0.717, 1.165) is 18.4 Å². The van der Waals surface area contributed by atoms with Gasteiger partial charge in [0.25, 0.3) is 11.7 Å². The van der Waals surface area contributed by atoms with Crippen LogP contribution in [-0.2, 0) is 16.1 Å². The van der Waals surface area contributed by atoms with Crippen molar-refractivity contribution < 1.29 is 14.4 Å². The number of hydrogen-bond donors (Lipinski definition) is 0. The quantitative estimate of drug-likeness (QED) is 0.349. The number of para-hydroxylation sites is 2. The zero-order valence-corrected chi connectivity index (χ0v) is 19.1. The van der Waals surface area contributed by atoms with Crippen molar-refractivity contribution in [3.63, 3.8) is 0 Å². The highest BCUT2D eigenvalue weighted by Crippen LogP contribution is 2.24. The van der Waals surface area contributed by atoms with E-state index in [0.29, 0.717) is 36.3 Å².